The minimum atomic E-state index is -0.306. The second-order valence-electron chi connectivity index (χ2n) is 4.86. The van der Waals surface area contributed by atoms with Gasteiger partial charge in [0.2, 0.25) is 0 Å². The fourth-order valence-electron chi connectivity index (χ4n) is 2.46. The summed E-state index contributed by atoms with van der Waals surface area (Å²) in [5, 5.41) is 0. The van der Waals surface area contributed by atoms with Gasteiger partial charge in [0.25, 0.3) is 0 Å². The van der Waals surface area contributed by atoms with Crippen molar-refractivity contribution in [2.24, 2.45) is 4.99 Å². The van der Waals surface area contributed by atoms with Crippen LogP contribution in [0, 0.1) is 0 Å². The summed E-state index contributed by atoms with van der Waals surface area (Å²) >= 11 is 0. The first-order chi connectivity index (χ1) is 9.33. The zero-order valence-electron chi connectivity index (χ0n) is 10.8. The van der Waals surface area contributed by atoms with E-state index in [1.807, 2.05) is 6.08 Å². The molecule has 0 aromatic carbocycles. The average molecular weight is 266 g/mol. The quantitative estimate of drug-likeness (QED) is 0.670. The van der Waals surface area contributed by atoms with Gasteiger partial charge in [0, 0.05) is 26.1 Å². The molecule has 104 valence electrons. The molecular formula is C13H18N2O4. The lowest BCUT2D eigenvalue weighted by Crippen LogP contribution is -2.38. The maximum absolute atomic E-state index is 11.8. The molecule has 0 aliphatic carbocycles. The Hall–Kier alpha value is -1.40. The van der Waals surface area contributed by atoms with Crippen molar-refractivity contribution in [3.63, 3.8) is 0 Å². The summed E-state index contributed by atoms with van der Waals surface area (Å²) in [6.07, 6.45) is 4.08. The van der Waals surface area contributed by atoms with E-state index in [4.69, 9.17) is 14.2 Å². The van der Waals surface area contributed by atoms with Crippen molar-refractivity contribution in [3.8, 4) is 0 Å². The SMILES string of the molecule is O=C(OCCN1CCOCC1)C1=NC2C=COC2C1. The summed E-state index contributed by atoms with van der Waals surface area (Å²) in [4.78, 5) is 18.4. The van der Waals surface area contributed by atoms with E-state index in [0.717, 1.165) is 32.8 Å². The lowest BCUT2D eigenvalue weighted by atomic mass is 10.1. The normalized spacial score (nSPS) is 29.8. The smallest absolute Gasteiger partial charge is 0.352 e. The van der Waals surface area contributed by atoms with Crippen LogP contribution in [0.4, 0.5) is 0 Å². The highest BCUT2D eigenvalue weighted by Crippen LogP contribution is 2.24. The lowest BCUT2D eigenvalue weighted by Gasteiger charge is -2.26. The Balaban J connectivity index is 1.40. The fourth-order valence-corrected chi connectivity index (χ4v) is 2.46. The maximum atomic E-state index is 11.8. The van der Waals surface area contributed by atoms with Crippen LogP contribution < -0.4 is 0 Å². The Morgan fingerprint density at radius 3 is 3.11 bits per heavy atom. The van der Waals surface area contributed by atoms with E-state index >= 15 is 0 Å². The average Bonchev–Trinajstić information content (AvgIpc) is 3.00. The third kappa shape index (κ3) is 2.96. The molecule has 0 saturated carbocycles. The van der Waals surface area contributed by atoms with E-state index in [1.165, 1.54) is 0 Å². The van der Waals surface area contributed by atoms with Gasteiger partial charge in [0.15, 0.2) is 0 Å². The molecule has 2 atom stereocenters. The number of hydrogen-bond acceptors (Lipinski definition) is 6. The van der Waals surface area contributed by atoms with Gasteiger partial charge in [0.1, 0.15) is 24.5 Å². The third-order valence-corrected chi connectivity index (χ3v) is 3.59. The number of esters is 1. The highest BCUT2D eigenvalue weighted by molar-refractivity contribution is 6.37. The highest BCUT2D eigenvalue weighted by atomic mass is 16.5. The Labute approximate surface area is 112 Å². The van der Waals surface area contributed by atoms with Crippen molar-refractivity contribution in [3.05, 3.63) is 12.3 Å². The summed E-state index contributed by atoms with van der Waals surface area (Å²) in [5.74, 6) is -0.306. The van der Waals surface area contributed by atoms with Crippen molar-refractivity contribution in [2.45, 2.75) is 18.6 Å². The zero-order valence-corrected chi connectivity index (χ0v) is 10.8. The van der Waals surface area contributed by atoms with Crippen molar-refractivity contribution < 1.29 is 19.0 Å². The number of ether oxygens (including phenoxy) is 3. The van der Waals surface area contributed by atoms with Gasteiger partial charge in [-0.15, -0.1) is 0 Å². The number of aliphatic imine (C=N–C) groups is 1. The van der Waals surface area contributed by atoms with Gasteiger partial charge in [-0.1, -0.05) is 0 Å². The second-order valence-corrected chi connectivity index (χ2v) is 4.86. The molecule has 3 rings (SSSR count). The van der Waals surface area contributed by atoms with Crippen LogP contribution in [0.3, 0.4) is 0 Å². The molecule has 0 N–H and O–H groups in total. The number of carbonyl (C=O) groups excluding carboxylic acids is 1. The second kappa shape index (κ2) is 5.71. The van der Waals surface area contributed by atoms with Gasteiger partial charge in [0.05, 0.1) is 19.5 Å². The van der Waals surface area contributed by atoms with E-state index in [0.29, 0.717) is 18.7 Å². The molecule has 3 aliphatic heterocycles. The predicted molar refractivity (Wildman–Crippen MR) is 68.1 cm³/mol. The van der Waals surface area contributed by atoms with Crippen LogP contribution in [0.1, 0.15) is 6.42 Å². The molecule has 0 radical (unpaired) electrons. The van der Waals surface area contributed by atoms with E-state index in [1.54, 1.807) is 6.26 Å². The molecule has 3 aliphatic rings. The molecule has 1 fully saturated rings. The minimum absolute atomic E-state index is 0.00166. The van der Waals surface area contributed by atoms with Gasteiger partial charge >= 0.3 is 5.97 Å². The van der Waals surface area contributed by atoms with Crippen LogP contribution in [-0.4, -0.2) is 68.2 Å². The van der Waals surface area contributed by atoms with Crippen molar-refractivity contribution in [1.29, 1.82) is 0 Å². The molecule has 0 amide bonds. The van der Waals surface area contributed by atoms with Gasteiger partial charge in [-0.25, -0.2) is 4.79 Å². The monoisotopic (exact) mass is 266 g/mol. The lowest BCUT2D eigenvalue weighted by molar-refractivity contribution is -0.136. The summed E-state index contributed by atoms with van der Waals surface area (Å²) < 4.78 is 15.9. The highest BCUT2D eigenvalue weighted by Gasteiger charge is 2.35. The minimum Gasteiger partial charge on any atom is -0.495 e. The summed E-state index contributed by atoms with van der Waals surface area (Å²) in [6.45, 7) is 4.49. The number of morpholine rings is 1. The molecule has 19 heavy (non-hydrogen) atoms. The first-order valence-corrected chi connectivity index (χ1v) is 6.69. The number of hydrogen-bond donors (Lipinski definition) is 0. The Morgan fingerprint density at radius 1 is 1.47 bits per heavy atom. The molecule has 0 aromatic heterocycles. The molecule has 0 aromatic rings. The molecule has 0 bridgehead atoms. The number of fused-ring (bicyclic) bond motifs is 1. The largest absolute Gasteiger partial charge is 0.495 e. The van der Waals surface area contributed by atoms with Gasteiger partial charge in [-0.3, -0.25) is 9.89 Å². The number of nitrogens with zero attached hydrogens (tertiary/aromatic N) is 2. The Kier molecular flexibility index (Phi) is 3.79. The predicted octanol–water partition coefficient (Wildman–Crippen LogP) is -0.0124. The molecule has 0 spiro atoms. The molecule has 1 saturated heterocycles. The molecule has 2 unspecified atom stereocenters. The van der Waals surface area contributed by atoms with E-state index < -0.39 is 0 Å². The van der Waals surface area contributed by atoms with Crippen LogP contribution >= 0.6 is 0 Å². The molecule has 6 heteroatoms. The molecular weight excluding hydrogens is 248 g/mol. The topological polar surface area (TPSA) is 60.4 Å². The molecule has 3 heterocycles. The summed E-state index contributed by atoms with van der Waals surface area (Å²) in [6, 6.07) is 0.00166. The standard InChI is InChI=1S/C13H18N2O4/c16-13(11-9-12-10(14-11)1-5-18-12)19-8-4-15-2-6-17-7-3-15/h1,5,10,12H,2-4,6-9H2. The van der Waals surface area contributed by atoms with Crippen LogP contribution in [-0.2, 0) is 19.0 Å². The van der Waals surface area contributed by atoms with Crippen molar-refractivity contribution in [2.75, 3.05) is 39.5 Å². The van der Waals surface area contributed by atoms with E-state index in [9.17, 15) is 4.79 Å². The first-order valence-electron chi connectivity index (χ1n) is 6.69. The van der Waals surface area contributed by atoms with Gasteiger partial charge in [-0.2, -0.15) is 0 Å². The van der Waals surface area contributed by atoms with E-state index in [2.05, 4.69) is 9.89 Å². The van der Waals surface area contributed by atoms with Gasteiger partial charge < -0.3 is 14.2 Å². The third-order valence-electron chi connectivity index (χ3n) is 3.59. The Morgan fingerprint density at radius 2 is 2.32 bits per heavy atom. The summed E-state index contributed by atoms with van der Waals surface area (Å²) in [7, 11) is 0. The maximum Gasteiger partial charge on any atom is 0.352 e. The zero-order chi connectivity index (χ0) is 13.1. The van der Waals surface area contributed by atoms with Crippen LogP contribution in [0.5, 0.6) is 0 Å². The van der Waals surface area contributed by atoms with Gasteiger partial charge in [-0.05, 0) is 6.08 Å². The van der Waals surface area contributed by atoms with E-state index in [-0.39, 0.29) is 18.1 Å². The Bertz CT molecular complexity index is 401. The molecule has 6 nitrogen and oxygen atoms in total. The van der Waals surface area contributed by atoms with Crippen LogP contribution in [0.2, 0.25) is 0 Å². The van der Waals surface area contributed by atoms with Crippen LogP contribution in [0.25, 0.3) is 0 Å². The summed E-state index contributed by atoms with van der Waals surface area (Å²) in [5.41, 5.74) is 0.501. The van der Waals surface area contributed by atoms with Crippen molar-refractivity contribution >= 4 is 11.7 Å². The van der Waals surface area contributed by atoms with Crippen molar-refractivity contribution in [1.82, 2.24) is 4.90 Å². The number of rotatable bonds is 4. The number of carbonyl (C=O) groups is 1. The first kappa shape index (κ1) is 12.6. The fraction of sp³-hybridized carbons (Fsp3) is 0.692. The van der Waals surface area contributed by atoms with Crippen LogP contribution in [0.15, 0.2) is 17.3 Å².